The lowest BCUT2D eigenvalue weighted by atomic mass is 10.2. The summed E-state index contributed by atoms with van der Waals surface area (Å²) in [4.78, 5) is 0. The van der Waals surface area contributed by atoms with E-state index in [-0.39, 0.29) is 0 Å². The third-order valence-electron chi connectivity index (χ3n) is 1.64. The fourth-order valence-corrected chi connectivity index (χ4v) is 1.17. The molecule has 0 radical (unpaired) electrons. The van der Waals surface area contributed by atoms with Crippen LogP contribution in [0.4, 0.5) is 0 Å². The van der Waals surface area contributed by atoms with Gasteiger partial charge in [-0.2, -0.15) is 0 Å². The Bertz CT molecular complexity index is 268. The van der Waals surface area contributed by atoms with Crippen LogP contribution >= 0.6 is 0 Å². The van der Waals surface area contributed by atoms with Crippen LogP contribution in [-0.2, 0) is 0 Å². The molecule has 0 aromatic heterocycles. The average Bonchev–Trinajstić information content (AvgIpc) is 2.44. The summed E-state index contributed by atoms with van der Waals surface area (Å²) >= 11 is 0. The first-order chi connectivity index (χ1) is 4.42. The van der Waals surface area contributed by atoms with Gasteiger partial charge in [-0.1, -0.05) is 30.9 Å². The SMILES string of the molecule is C=C=C1C2=CC=C1C=C2. The van der Waals surface area contributed by atoms with Crippen molar-refractivity contribution in [1.82, 2.24) is 0 Å². The Hall–Kier alpha value is -1.26. The van der Waals surface area contributed by atoms with Gasteiger partial charge >= 0.3 is 0 Å². The van der Waals surface area contributed by atoms with Crippen molar-refractivity contribution >= 4 is 0 Å². The number of fused-ring (bicyclic) bond motifs is 2. The molecule has 0 heteroatoms. The Morgan fingerprint density at radius 1 is 1.11 bits per heavy atom. The van der Waals surface area contributed by atoms with Crippen molar-refractivity contribution in [2.24, 2.45) is 0 Å². The minimum atomic E-state index is 1.16. The summed E-state index contributed by atoms with van der Waals surface area (Å²) in [5, 5.41) is 0. The average molecular weight is 114 g/mol. The van der Waals surface area contributed by atoms with Crippen LogP contribution in [0.1, 0.15) is 0 Å². The van der Waals surface area contributed by atoms with Gasteiger partial charge < -0.3 is 0 Å². The van der Waals surface area contributed by atoms with Crippen molar-refractivity contribution < 1.29 is 0 Å². The highest BCUT2D eigenvalue weighted by atomic mass is 14.2. The maximum Gasteiger partial charge on any atom is 0.0303 e. The van der Waals surface area contributed by atoms with E-state index in [9.17, 15) is 0 Å². The van der Waals surface area contributed by atoms with Gasteiger partial charge in [0.25, 0.3) is 0 Å². The zero-order chi connectivity index (χ0) is 6.27. The van der Waals surface area contributed by atoms with Crippen molar-refractivity contribution in [3.05, 3.63) is 53.3 Å². The lowest BCUT2D eigenvalue weighted by Crippen LogP contribution is -1.70. The van der Waals surface area contributed by atoms with E-state index < -0.39 is 0 Å². The molecule has 0 aromatic rings. The second kappa shape index (κ2) is 1.37. The van der Waals surface area contributed by atoms with E-state index in [4.69, 9.17) is 0 Å². The summed E-state index contributed by atoms with van der Waals surface area (Å²) in [6.45, 7) is 3.60. The highest BCUT2D eigenvalue weighted by Crippen LogP contribution is 2.32. The molecule has 0 amide bonds. The van der Waals surface area contributed by atoms with E-state index >= 15 is 0 Å². The molecule has 0 atom stereocenters. The molecule has 9 heavy (non-hydrogen) atoms. The van der Waals surface area contributed by atoms with Crippen molar-refractivity contribution in [2.75, 3.05) is 0 Å². The van der Waals surface area contributed by atoms with Crippen molar-refractivity contribution in [2.45, 2.75) is 0 Å². The van der Waals surface area contributed by atoms with Gasteiger partial charge in [0.1, 0.15) is 0 Å². The van der Waals surface area contributed by atoms with Crippen molar-refractivity contribution in [3.63, 3.8) is 0 Å². The third-order valence-corrected chi connectivity index (χ3v) is 1.64. The van der Waals surface area contributed by atoms with E-state index in [0.717, 1.165) is 5.57 Å². The summed E-state index contributed by atoms with van der Waals surface area (Å²) in [6.07, 6.45) is 8.34. The Kier molecular flexibility index (Phi) is 0.700. The summed E-state index contributed by atoms with van der Waals surface area (Å²) in [5.74, 6) is 0. The lowest BCUT2D eigenvalue weighted by molar-refractivity contribution is 1.65. The minimum absolute atomic E-state index is 1.16. The van der Waals surface area contributed by atoms with Gasteiger partial charge in [-0.3, -0.25) is 0 Å². The molecule has 42 valence electrons. The zero-order valence-corrected chi connectivity index (χ0v) is 5.02. The summed E-state index contributed by atoms with van der Waals surface area (Å²) in [5.41, 5.74) is 6.56. The molecule has 0 saturated heterocycles. The van der Waals surface area contributed by atoms with Gasteiger partial charge in [0.15, 0.2) is 0 Å². The van der Waals surface area contributed by atoms with Gasteiger partial charge in [0.05, 0.1) is 0 Å². The van der Waals surface area contributed by atoms with Gasteiger partial charge in [-0.15, -0.1) is 5.73 Å². The molecule has 0 fully saturated rings. The second-order valence-corrected chi connectivity index (χ2v) is 2.13. The number of hydrogen-bond acceptors (Lipinski definition) is 0. The minimum Gasteiger partial charge on any atom is -0.119 e. The molecule has 0 aliphatic heterocycles. The molecule has 0 saturated carbocycles. The first-order valence-corrected chi connectivity index (χ1v) is 2.92. The molecule has 0 unspecified atom stereocenters. The molecule has 2 aliphatic rings. The van der Waals surface area contributed by atoms with Crippen LogP contribution in [0, 0.1) is 0 Å². The van der Waals surface area contributed by atoms with Crippen LogP contribution < -0.4 is 0 Å². The Labute approximate surface area is 54.2 Å². The summed E-state index contributed by atoms with van der Waals surface area (Å²) < 4.78 is 0. The smallest absolute Gasteiger partial charge is 0.0303 e. The molecule has 0 aromatic carbocycles. The van der Waals surface area contributed by atoms with Crippen LogP contribution in [-0.4, -0.2) is 0 Å². The summed E-state index contributed by atoms with van der Waals surface area (Å²) in [6, 6.07) is 0. The van der Waals surface area contributed by atoms with E-state index in [0.29, 0.717) is 0 Å². The molecular weight excluding hydrogens is 108 g/mol. The van der Waals surface area contributed by atoms with Gasteiger partial charge in [0, 0.05) is 5.57 Å². The van der Waals surface area contributed by atoms with Crippen LogP contribution in [0.5, 0.6) is 0 Å². The molecule has 0 nitrogen and oxygen atoms in total. The molecule has 0 N–H and O–H groups in total. The third kappa shape index (κ3) is 0.431. The number of hydrogen-bond donors (Lipinski definition) is 0. The van der Waals surface area contributed by atoms with Gasteiger partial charge in [0.2, 0.25) is 0 Å². The predicted octanol–water partition coefficient (Wildman–Crippen LogP) is 2.13. The molecule has 0 heterocycles. The van der Waals surface area contributed by atoms with E-state index in [1.165, 1.54) is 11.1 Å². The fourth-order valence-electron chi connectivity index (χ4n) is 1.17. The molecular formula is C9H6. The first kappa shape index (κ1) is 4.60. The second-order valence-electron chi connectivity index (χ2n) is 2.13. The lowest BCUT2D eigenvalue weighted by Gasteiger charge is -1.87. The fraction of sp³-hybridized carbons (Fsp3) is 0. The van der Waals surface area contributed by atoms with Crippen LogP contribution in [0.15, 0.2) is 53.3 Å². The molecule has 0 spiro atoms. The van der Waals surface area contributed by atoms with Crippen LogP contribution in [0.3, 0.4) is 0 Å². The highest BCUT2D eigenvalue weighted by Gasteiger charge is 2.15. The standard InChI is InChI=1S/C9H6/c1-2-9-7-3-4-8(9)6-5-7/h3-6H,1H2. The topological polar surface area (TPSA) is 0 Å². The Morgan fingerprint density at radius 2 is 1.67 bits per heavy atom. The van der Waals surface area contributed by atoms with Gasteiger partial charge in [-0.25, -0.2) is 0 Å². The van der Waals surface area contributed by atoms with Gasteiger partial charge in [-0.05, 0) is 11.1 Å². The number of rotatable bonds is 0. The van der Waals surface area contributed by atoms with E-state index in [1.54, 1.807) is 0 Å². The van der Waals surface area contributed by atoms with Crippen LogP contribution in [0.25, 0.3) is 0 Å². The van der Waals surface area contributed by atoms with Crippen molar-refractivity contribution in [3.8, 4) is 0 Å². The van der Waals surface area contributed by atoms with E-state index in [1.807, 2.05) is 0 Å². The van der Waals surface area contributed by atoms with Crippen LogP contribution in [0.2, 0.25) is 0 Å². The van der Waals surface area contributed by atoms with E-state index in [2.05, 4.69) is 36.6 Å². The largest absolute Gasteiger partial charge is 0.119 e. The molecule has 2 aliphatic carbocycles. The quantitative estimate of drug-likeness (QED) is 0.423. The number of allylic oxidation sites excluding steroid dienone is 7. The molecule has 2 rings (SSSR count). The predicted molar refractivity (Wildman–Crippen MR) is 38.0 cm³/mol. The maximum atomic E-state index is 3.60. The Balaban J connectivity index is 2.74. The highest BCUT2D eigenvalue weighted by molar-refractivity contribution is 5.68. The zero-order valence-electron chi connectivity index (χ0n) is 5.02. The Morgan fingerprint density at radius 3 is 1.89 bits per heavy atom. The monoisotopic (exact) mass is 114 g/mol. The summed E-state index contributed by atoms with van der Waals surface area (Å²) in [7, 11) is 0. The molecule has 2 bridgehead atoms. The first-order valence-electron chi connectivity index (χ1n) is 2.92. The normalized spacial score (nSPS) is 19.8. The van der Waals surface area contributed by atoms with Crippen molar-refractivity contribution in [1.29, 1.82) is 0 Å². The maximum absolute atomic E-state index is 3.60.